The summed E-state index contributed by atoms with van der Waals surface area (Å²) in [5.74, 6) is 0.723. The van der Waals surface area contributed by atoms with E-state index in [0.29, 0.717) is 6.54 Å². The van der Waals surface area contributed by atoms with E-state index < -0.39 is 0 Å². The molecule has 0 unspecified atom stereocenters. The van der Waals surface area contributed by atoms with Crippen molar-refractivity contribution in [2.24, 2.45) is 0 Å². The zero-order valence-electron chi connectivity index (χ0n) is 8.76. The van der Waals surface area contributed by atoms with Gasteiger partial charge in [-0.3, -0.25) is 4.79 Å². The SMILES string of the molecule is CC(C)=CC(=O)NCc1occc1C. The Morgan fingerprint density at radius 3 is 2.79 bits per heavy atom. The normalized spacial score (nSPS) is 9.64. The molecule has 0 aliphatic carbocycles. The van der Waals surface area contributed by atoms with Crippen LogP contribution in [0.1, 0.15) is 25.2 Å². The molecule has 3 heteroatoms. The quantitative estimate of drug-likeness (QED) is 0.747. The van der Waals surface area contributed by atoms with Crippen molar-refractivity contribution in [3.05, 3.63) is 35.3 Å². The zero-order valence-corrected chi connectivity index (χ0v) is 8.76. The summed E-state index contributed by atoms with van der Waals surface area (Å²) in [6, 6.07) is 1.88. The Morgan fingerprint density at radius 1 is 1.57 bits per heavy atom. The van der Waals surface area contributed by atoms with Gasteiger partial charge in [-0.2, -0.15) is 0 Å². The van der Waals surface area contributed by atoms with Gasteiger partial charge in [-0.1, -0.05) is 5.57 Å². The minimum atomic E-state index is -0.0826. The van der Waals surface area contributed by atoms with Crippen molar-refractivity contribution >= 4 is 5.91 Å². The van der Waals surface area contributed by atoms with Crippen LogP contribution in [-0.2, 0) is 11.3 Å². The second-order valence-electron chi connectivity index (χ2n) is 3.47. The van der Waals surface area contributed by atoms with Crippen molar-refractivity contribution in [3.8, 4) is 0 Å². The van der Waals surface area contributed by atoms with Gasteiger partial charge in [-0.15, -0.1) is 0 Å². The topological polar surface area (TPSA) is 42.2 Å². The Kier molecular flexibility index (Phi) is 3.51. The van der Waals surface area contributed by atoms with Crippen molar-refractivity contribution in [2.75, 3.05) is 0 Å². The fourth-order valence-electron chi connectivity index (χ4n) is 1.07. The third-order valence-electron chi connectivity index (χ3n) is 1.81. The number of amides is 1. The molecule has 0 spiro atoms. The van der Waals surface area contributed by atoms with E-state index in [1.54, 1.807) is 12.3 Å². The summed E-state index contributed by atoms with van der Waals surface area (Å²) in [4.78, 5) is 11.2. The minimum absolute atomic E-state index is 0.0826. The molecule has 0 radical (unpaired) electrons. The molecular formula is C11H15NO2. The Morgan fingerprint density at radius 2 is 2.29 bits per heavy atom. The predicted octanol–water partition coefficient (Wildman–Crippen LogP) is 2.17. The molecule has 1 heterocycles. The molecule has 0 aliphatic heterocycles. The second kappa shape index (κ2) is 4.65. The lowest BCUT2D eigenvalue weighted by Gasteiger charge is -2.00. The number of furan rings is 1. The van der Waals surface area contributed by atoms with Crippen molar-refractivity contribution in [1.29, 1.82) is 0 Å². The molecule has 0 saturated heterocycles. The first-order valence-corrected chi connectivity index (χ1v) is 4.55. The van der Waals surface area contributed by atoms with Crippen molar-refractivity contribution in [2.45, 2.75) is 27.3 Å². The van der Waals surface area contributed by atoms with E-state index in [0.717, 1.165) is 16.9 Å². The lowest BCUT2D eigenvalue weighted by atomic mass is 10.3. The second-order valence-corrected chi connectivity index (χ2v) is 3.47. The number of carbonyl (C=O) groups is 1. The molecule has 1 amide bonds. The molecule has 3 nitrogen and oxygen atoms in total. The zero-order chi connectivity index (χ0) is 10.6. The summed E-state index contributed by atoms with van der Waals surface area (Å²) in [6.45, 7) is 6.17. The summed E-state index contributed by atoms with van der Waals surface area (Å²) >= 11 is 0. The number of hydrogen-bond donors (Lipinski definition) is 1. The molecular weight excluding hydrogens is 178 g/mol. The Balaban J connectivity index is 2.46. The van der Waals surface area contributed by atoms with E-state index in [1.807, 2.05) is 26.8 Å². The highest BCUT2D eigenvalue weighted by Crippen LogP contribution is 2.07. The fourth-order valence-corrected chi connectivity index (χ4v) is 1.07. The van der Waals surface area contributed by atoms with Crippen LogP contribution in [0.5, 0.6) is 0 Å². The first kappa shape index (κ1) is 10.6. The van der Waals surface area contributed by atoms with Gasteiger partial charge in [0, 0.05) is 6.08 Å². The predicted molar refractivity (Wildman–Crippen MR) is 54.7 cm³/mol. The van der Waals surface area contributed by atoms with Crippen LogP contribution in [0.25, 0.3) is 0 Å². The molecule has 1 rings (SSSR count). The van der Waals surface area contributed by atoms with Crippen LogP contribution in [-0.4, -0.2) is 5.91 Å². The van der Waals surface area contributed by atoms with Crippen LogP contribution in [0.4, 0.5) is 0 Å². The van der Waals surface area contributed by atoms with Crippen molar-refractivity contribution in [3.63, 3.8) is 0 Å². The standard InChI is InChI=1S/C11H15NO2/c1-8(2)6-11(13)12-7-10-9(3)4-5-14-10/h4-6H,7H2,1-3H3,(H,12,13). The van der Waals surface area contributed by atoms with Crippen LogP contribution in [0.3, 0.4) is 0 Å². The van der Waals surface area contributed by atoms with Crippen LogP contribution in [0.15, 0.2) is 28.4 Å². The van der Waals surface area contributed by atoms with Crippen LogP contribution in [0.2, 0.25) is 0 Å². The van der Waals surface area contributed by atoms with Crippen LogP contribution < -0.4 is 5.32 Å². The highest BCUT2D eigenvalue weighted by atomic mass is 16.3. The summed E-state index contributed by atoms with van der Waals surface area (Å²) in [5, 5.41) is 2.75. The maximum Gasteiger partial charge on any atom is 0.244 e. The summed E-state index contributed by atoms with van der Waals surface area (Å²) in [7, 11) is 0. The maximum atomic E-state index is 11.2. The smallest absolute Gasteiger partial charge is 0.244 e. The Labute approximate surface area is 83.8 Å². The molecule has 1 aromatic heterocycles. The van der Waals surface area contributed by atoms with E-state index in [2.05, 4.69) is 5.32 Å². The number of aryl methyl sites for hydroxylation is 1. The van der Waals surface area contributed by atoms with Gasteiger partial charge in [0.15, 0.2) is 0 Å². The molecule has 0 aliphatic rings. The van der Waals surface area contributed by atoms with Crippen molar-refractivity contribution in [1.82, 2.24) is 5.32 Å². The molecule has 1 aromatic rings. The van der Waals surface area contributed by atoms with Gasteiger partial charge in [0.2, 0.25) is 5.91 Å². The van der Waals surface area contributed by atoms with Gasteiger partial charge >= 0.3 is 0 Å². The number of rotatable bonds is 3. The largest absolute Gasteiger partial charge is 0.467 e. The van der Waals surface area contributed by atoms with E-state index >= 15 is 0 Å². The third-order valence-corrected chi connectivity index (χ3v) is 1.81. The van der Waals surface area contributed by atoms with Gasteiger partial charge in [0.05, 0.1) is 12.8 Å². The monoisotopic (exact) mass is 193 g/mol. The molecule has 0 aromatic carbocycles. The molecule has 0 saturated carbocycles. The van der Waals surface area contributed by atoms with Gasteiger partial charge in [-0.25, -0.2) is 0 Å². The molecule has 0 atom stereocenters. The summed E-state index contributed by atoms with van der Waals surface area (Å²) in [6.07, 6.45) is 3.19. The summed E-state index contributed by atoms with van der Waals surface area (Å²) in [5.41, 5.74) is 2.04. The fraction of sp³-hybridized carbons (Fsp3) is 0.364. The van der Waals surface area contributed by atoms with Crippen molar-refractivity contribution < 1.29 is 9.21 Å². The van der Waals surface area contributed by atoms with E-state index in [-0.39, 0.29) is 5.91 Å². The van der Waals surface area contributed by atoms with Crippen LogP contribution >= 0.6 is 0 Å². The average Bonchev–Trinajstić information content (AvgIpc) is 2.46. The summed E-state index contributed by atoms with van der Waals surface area (Å²) < 4.78 is 5.18. The lowest BCUT2D eigenvalue weighted by Crippen LogP contribution is -2.20. The van der Waals surface area contributed by atoms with E-state index in [9.17, 15) is 4.79 Å². The number of nitrogens with one attached hydrogen (secondary N) is 1. The molecule has 0 fully saturated rings. The lowest BCUT2D eigenvalue weighted by molar-refractivity contribution is -0.116. The minimum Gasteiger partial charge on any atom is -0.467 e. The average molecular weight is 193 g/mol. The highest BCUT2D eigenvalue weighted by Gasteiger charge is 2.02. The molecule has 14 heavy (non-hydrogen) atoms. The maximum absolute atomic E-state index is 11.2. The van der Waals surface area contributed by atoms with E-state index in [4.69, 9.17) is 4.42 Å². The third kappa shape index (κ3) is 3.09. The number of hydrogen-bond acceptors (Lipinski definition) is 2. The highest BCUT2D eigenvalue weighted by molar-refractivity contribution is 5.87. The molecule has 1 N–H and O–H groups in total. The van der Waals surface area contributed by atoms with Gasteiger partial charge < -0.3 is 9.73 Å². The van der Waals surface area contributed by atoms with Gasteiger partial charge in [0.1, 0.15) is 5.76 Å². The van der Waals surface area contributed by atoms with E-state index in [1.165, 1.54) is 0 Å². The van der Waals surface area contributed by atoms with Crippen LogP contribution in [0, 0.1) is 6.92 Å². The molecule has 76 valence electrons. The molecule has 0 bridgehead atoms. The number of carbonyl (C=O) groups excluding carboxylic acids is 1. The van der Waals surface area contributed by atoms with Gasteiger partial charge in [-0.05, 0) is 32.4 Å². The first-order valence-electron chi connectivity index (χ1n) is 4.55. The van der Waals surface area contributed by atoms with Gasteiger partial charge in [0.25, 0.3) is 0 Å². The Hall–Kier alpha value is -1.51. The first-order chi connectivity index (χ1) is 6.59. The number of allylic oxidation sites excluding steroid dienone is 1. The Bertz CT molecular complexity index is 346.